The van der Waals surface area contributed by atoms with E-state index in [1.807, 2.05) is 43.3 Å². The summed E-state index contributed by atoms with van der Waals surface area (Å²) < 4.78 is 4.20. The van der Waals surface area contributed by atoms with Crippen molar-refractivity contribution < 1.29 is 4.79 Å². The summed E-state index contributed by atoms with van der Waals surface area (Å²) in [5.41, 5.74) is 2.92. The van der Waals surface area contributed by atoms with Crippen LogP contribution in [0.4, 0.5) is 5.69 Å². The summed E-state index contributed by atoms with van der Waals surface area (Å²) in [7, 11) is 1.65. The molecular weight excluding hydrogens is 484 g/mol. The van der Waals surface area contributed by atoms with Gasteiger partial charge in [-0.1, -0.05) is 59.8 Å². The predicted octanol–water partition coefficient (Wildman–Crippen LogP) is 5.46. The number of halogens is 1. The van der Waals surface area contributed by atoms with Gasteiger partial charge in [0.05, 0.1) is 5.75 Å². The average Bonchev–Trinajstić information content (AvgIpc) is 3.12. The van der Waals surface area contributed by atoms with Gasteiger partial charge in [-0.25, -0.2) is 4.98 Å². The molecule has 0 aliphatic rings. The van der Waals surface area contributed by atoms with Gasteiger partial charge in [-0.3, -0.25) is 18.7 Å². The monoisotopic (exact) mass is 502 g/mol. The number of carbonyl (C=O) groups excluding carboxylic acids is 1. The van der Waals surface area contributed by atoms with Crippen LogP contribution in [0.5, 0.6) is 0 Å². The normalized spacial score (nSPS) is 11.1. The van der Waals surface area contributed by atoms with Gasteiger partial charge in [-0.15, -0.1) is 0 Å². The molecule has 4 rings (SSSR count). The highest BCUT2D eigenvalue weighted by molar-refractivity contribution is 7.99. The number of rotatable bonds is 6. The molecule has 0 spiro atoms. The molecule has 1 amide bonds. The summed E-state index contributed by atoms with van der Waals surface area (Å²) in [4.78, 5) is 30.2. The Morgan fingerprint density at radius 1 is 1.22 bits per heavy atom. The summed E-state index contributed by atoms with van der Waals surface area (Å²) >= 11 is 13.9. The lowest BCUT2D eigenvalue weighted by atomic mass is 10.1. The summed E-state index contributed by atoms with van der Waals surface area (Å²) in [5, 5.41) is 3.99. The third-order valence-electron chi connectivity index (χ3n) is 4.86. The second-order valence-corrected chi connectivity index (χ2v) is 9.96. The smallest absolute Gasteiger partial charge is 0.273 e. The maximum atomic E-state index is 13.0. The van der Waals surface area contributed by atoms with E-state index < -0.39 is 0 Å². The molecule has 0 saturated carbocycles. The van der Waals surface area contributed by atoms with Crippen LogP contribution in [0.3, 0.4) is 0 Å². The Balaban J connectivity index is 1.64. The fourth-order valence-corrected chi connectivity index (χ4v) is 5.46. The maximum absolute atomic E-state index is 13.0. The summed E-state index contributed by atoms with van der Waals surface area (Å²) in [6.45, 7) is 2.04. The van der Waals surface area contributed by atoms with Gasteiger partial charge in [0.15, 0.2) is 14.8 Å². The number of carbonyl (C=O) groups is 1. The van der Waals surface area contributed by atoms with E-state index in [1.54, 1.807) is 23.7 Å². The third-order valence-corrected chi connectivity index (χ3v) is 7.50. The number of aromatic nitrogens is 3. The number of thiazole rings is 1. The van der Waals surface area contributed by atoms with Gasteiger partial charge < -0.3 is 5.32 Å². The van der Waals surface area contributed by atoms with Gasteiger partial charge in [0.1, 0.15) is 4.70 Å². The Bertz CT molecular complexity index is 1420. The molecule has 0 atom stereocenters. The lowest BCUT2D eigenvalue weighted by molar-refractivity contribution is -0.113. The number of nitrogens with zero attached hydrogens (tertiary/aromatic N) is 3. The summed E-state index contributed by atoms with van der Waals surface area (Å²) in [6.07, 6.45) is 0.822. The van der Waals surface area contributed by atoms with Gasteiger partial charge in [0.2, 0.25) is 5.91 Å². The van der Waals surface area contributed by atoms with E-state index in [2.05, 4.69) is 10.3 Å². The molecule has 4 aromatic rings. The zero-order chi connectivity index (χ0) is 22.8. The molecule has 164 valence electrons. The lowest BCUT2D eigenvalue weighted by Gasteiger charge is -2.11. The quantitative estimate of drug-likeness (QED) is 0.215. The zero-order valence-electron chi connectivity index (χ0n) is 17.3. The minimum atomic E-state index is -0.196. The largest absolute Gasteiger partial charge is 0.325 e. The second kappa shape index (κ2) is 9.58. The number of anilines is 1. The highest BCUT2D eigenvalue weighted by atomic mass is 35.5. The van der Waals surface area contributed by atoms with Crippen LogP contribution < -0.4 is 10.9 Å². The molecule has 1 N–H and O–H groups in total. The molecule has 0 unspecified atom stereocenters. The molecule has 6 nitrogen and oxygen atoms in total. The molecule has 10 heteroatoms. The van der Waals surface area contributed by atoms with Crippen LogP contribution in [0.25, 0.3) is 16.0 Å². The van der Waals surface area contributed by atoms with Crippen LogP contribution in [0.2, 0.25) is 5.02 Å². The van der Waals surface area contributed by atoms with Crippen molar-refractivity contribution >= 4 is 68.9 Å². The highest BCUT2D eigenvalue weighted by Crippen LogP contribution is 2.26. The van der Waals surface area contributed by atoms with E-state index in [-0.39, 0.29) is 17.2 Å². The van der Waals surface area contributed by atoms with Gasteiger partial charge in [-0.2, -0.15) is 0 Å². The Hall–Kier alpha value is -2.46. The Labute approximate surface area is 202 Å². The number of fused-ring (bicyclic) bond motifs is 1. The van der Waals surface area contributed by atoms with Crippen LogP contribution in [-0.4, -0.2) is 25.8 Å². The van der Waals surface area contributed by atoms with Crippen molar-refractivity contribution in [2.45, 2.75) is 18.5 Å². The standard InChI is InChI=1S/C22H19ClN4O2S3/c1-3-13-6-4-5-7-16(13)24-17(28)12-31-21-25-19-18(20(29)26(21)2)32-22(30)27(19)15-10-8-14(23)9-11-15/h4-11H,3,12H2,1-2H3,(H,24,28). The Kier molecular flexibility index (Phi) is 6.80. The Morgan fingerprint density at radius 3 is 2.66 bits per heavy atom. The van der Waals surface area contributed by atoms with Crippen molar-refractivity contribution in [3.8, 4) is 5.69 Å². The van der Waals surface area contributed by atoms with Gasteiger partial charge in [0, 0.05) is 23.4 Å². The van der Waals surface area contributed by atoms with Crippen molar-refractivity contribution in [3.05, 3.63) is 73.4 Å². The fourth-order valence-electron chi connectivity index (χ4n) is 3.23. The van der Waals surface area contributed by atoms with Crippen molar-refractivity contribution in [1.82, 2.24) is 14.1 Å². The van der Waals surface area contributed by atoms with E-state index in [0.29, 0.717) is 24.5 Å². The first-order chi connectivity index (χ1) is 15.4. The SMILES string of the molecule is CCc1ccccc1NC(=O)CSc1nc2c(sc(=S)n2-c2ccc(Cl)cc2)c(=O)n1C. The number of hydrogen-bond acceptors (Lipinski definition) is 6. The van der Waals surface area contributed by atoms with Gasteiger partial charge >= 0.3 is 0 Å². The summed E-state index contributed by atoms with van der Waals surface area (Å²) in [5.74, 6) is -0.0413. The molecule has 0 fully saturated rings. The van der Waals surface area contributed by atoms with E-state index in [9.17, 15) is 9.59 Å². The molecule has 32 heavy (non-hydrogen) atoms. The van der Waals surface area contributed by atoms with E-state index in [1.165, 1.54) is 27.7 Å². The van der Waals surface area contributed by atoms with E-state index >= 15 is 0 Å². The topological polar surface area (TPSA) is 68.9 Å². The lowest BCUT2D eigenvalue weighted by Crippen LogP contribution is -2.21. The van der Waals surface area contributed by atoms with Crippen LogP contribution >= 0.6 is 46.9 Å². The molecular formula is C22H19ClN4O2S3. The van der Waals surface area contributed by atoms with Crippen LogP contribution in [0.15, 0.2) is 58.5 Å². The van der Waals surface area contributed by atoms with Crippen molar-refractivity contribution in [3.63, 3.8) is 0 Å². The van der Waals surface area contributed by atoms with Gasteiger partial charge in [0.25, 0.3) is 5.56 Å². The zero-order valence-corrected chi connectivity index (χ0v) is 20.5. The second-order valence-electron chi connectivity index (χ2n) is 6.94. The van der Waals surface area contributed by atoms with Crippen molar-refractivity contribution in [2.24, 2.45) is 7.05 Å². The molecule has 0 aliphatic carbocycles. The first-order valence-electron chi connectivity index (χ1n) is 9.78. The molecule has 2 heterocycles. The maximum Gasteiger partial charge on any atom is 0.273 e. The third kappa shape index (κ3) is 4.52. The first-order valence-corrected chi connectivity index (χ1v) is 12.4. The number of amides is 1. The number of benzene rings is 2. The minimum absolute atomic E-state index is 0.121. The predicted molar refractivity (Wildman–Crippen MR) is 135 cm³/mol. The van der Waals surface area contributed by atoms with Crippen LogP contribution in [0, 0.1) is 3.95 Å². The minimum Gasteiger partial charge on any atom is -0.325 e. The Morgan fingerprint density at radius 2 is 1.94 bits per heavy atom. The first kappa shape index (κ1) is 22.7. The number of aryl methyl sites for hydroxylation is 1. The van der Waals surface area contributed by atoms with Crippen molar-refractivity contribution in [2.75, 3.05) is 11.1 Å². The molecule has 2 aromatic carbocycles. The number of para-hydroxylation sites is 1. The van der Waals surface area contributed by atoms with Gasteiger partial charge in [-0.05, 0) is 54.5 Å². The van der Waals surface area contributed by atoms with Crippen LogP contribution in [0.1, 0.15) is 12.5 Å². The molecule has 0 radical (unpaired) electrons. The van der Waals surface area contributed by atoms with E-state index in [4.69, 9.17) is 23.8 Å². The molecule has 2 aromatic heterocycles. The molecule has 0 aliphatic heterocycles. The highest BCUT2D eigenvalue weighted by Gasteiger charge is 2.17. The van der Waals surface area contributed by atoms with Crippen LogP contribution in [-0.2, 0) is 18.3 Å². The average molecular weight is 503 g/mol. The fraction of sp³-hybridized carbons (Fsp3) is 0.182. The van der Waals surface area contributed by atoms with Crippen molar-refractivity contribution in [1.29, 1.82) is 0 Å². The number of nitrogens with one attached hydrogen (secondary N) is 1. The number of hydrogen-bond donors (Lipinski definition) is 1. The molecule has 0 bridgehead atoms. The van der Waals surface area contributed by atoms with E-state index in [0.717, 1.165) is 23.4 Å². The molecule has 0 saturated heterocycles. The summed E-state index contributed by atoms with van der Waals surface area (Å²) in [6, 6.07) is 14.9. The number of thioether (sulfide) groups is 1.